The Balaban J connectivity index is 1.86. The van der Waals surface area contributed by atoms with Crippen molar-refractivity contribution in [3.8, 4) is 0 Å². The summed E-state index contributed by atoms with van der Waals surface area (Å²) < 4.78 is 11.7. The molecule has 1 fully saturated rings. The molecule has 132 valence electrons. The molecule has 1 aromatic rings. The summed E-state index contributed by atoms with van der Waals surface area (Å²) >= 11 is 2.13. The number of esters is 2. The number of carbonyl (C=O) groups is 2. The first-order valence-corrected chi connectivity index (χ1v) is 9.57. The standard InChI is InChI=1S/C19H25IO4/c1-12(2)16-8-7-13(3)9-17(16)24-18(21)11-23-19(22)14-5-4-6-15(20)10-14/h4-6,10,12-13,16-17H,7-9,11H2,1-3H3. The summed E-state index contributed by atoms with van der Waals surface area (Å²) in [5, 5.41) is 0. The summed E-state index contributed by atoms with van der Waals surface area (Å²) in [6.45, 7) is 6.19. The lowest BCUT2D eigenvalue weighted by Crippen LogP contribution is -2.36. The van der Waals surface area contributed by atoms with Gasteiger partial charge in [-0.25, -0.2) is 9.59 Å². The van der Waals surface area contributed by atoms with Crippen molar-refractivity contribution in [1.82, 2.24) is 0 Å². The average Bonchev–Trinajstić information content (AvgIpc) is 2.52. The summed E-state index contributed by atoms with van der Waals surface area (Å²) in [6, 6.07) is 7.08. The van der Waals surface area contributed by atoms with Gasteiger partial charge in [0.15, 0.2) is 6.61 Å². The van der Waals surface area contributed by atoms with Crippen LogP contribution in [0.2, 0.25) is 0 Å². The van der Waals surface area contributed by atoms with Crippen molar-refractivity contribution in [2.75, 3.05) is 6.61 Å². The predicted octanol–water partition coefficient (Wildman–Crippen LogP) is 4.45. The highest BCUT2D eigenvalue weighted by Gasteiger charge is 2.33. The second-order valence-electron chi connectivity index (χ2n) is 6.94. The first-order chi connectivity index (χ1) is 11.4. The summed E-state index contributed by atoms with van der Waals surface area (Å²) in [6.07, 6.45) is 3.08. The molecule has 0 heterocycles. The van der Waals surface area contributed by atoms with Gasteiger partial charge in [-0.05, 0) is 71.4 Å². The number of ether oxygens (including phenoxy) is 2. The number of rotatable bonds is 5. The van der Waals surface area contributed by atoms with Crippen LogP contribution in [0.3, 0.4) is 0 Å². The van der Waals surface area contributed by atoms with Crippen LogP contribution >= 0.6 is 22.6 Å². The van der Waals surface area contributed by atoms with Gasteiger partial charge in [0.25, 0.3) is 0 Å². The highest BCUT2D eigenvalue weighted by Crippen LogP contribution is 2.35. The molecule has 4 nitrogen and oxygen atoms in total. The molecule has 0 spiro atoms. The molecular weight excluding hydrogens is 419 g/mol. The normalized spacial score (nSPS) is 23.8. The van der Waals surface area contributed by atoms with Crippen LogP contribution in [0, 0.1) is 21.3 Å². The van der Waals surface area contributed by atoms with E-state index in [2.05, 4.69) is 43.4 Å². The number of benzene rings is 1. The minimum Gasteiger partial charge on any atom is -0.460 e. The van der Waals surface area contributed by atoms with E-state index in [0.717, 1.165) is 16.4 Å². The summed E-state index contributed by atoms with van der Waals surface area (Å²) in [5.41, 5.74) is 0.445. The predicted molar refractivity (Wildman–Crippen MR) is 101 cm³/mol. The summed E-state index contributed by atoms with van der Waals surface area (Å²) in [7, 11) is 0. The molecule has 1 aliphatic rings. The SMILES string of the molecule is CC1CCC(C(C)C)C(OC(=O)COC(=O)c2cccc(I)c2)C1. The molecule has 1 aromatic carbocycles. The number of halogens is 1. The van der Waals surface area contributed by atoms with E-state index in [1.807, 2.05) is 6.07 Å². The van der Waals surface area contributed by atoms with Crippen molar-refractivity contribution < 1.29 is 19.1 Å². The second-order valence-corrected chi connectivity index (χ2v) is 8.19. The van der Waals surface area contributed by atoms with E-state index in [-0.39, 0.29) is 12.7 Å². The van der Waals surface area contributed by atoms with Gasteiger partial charge in [-0.2, -0.15) is 0 Å². The molecule has 0 radical (unpaired) electrons. The van der Waals surface area contributed by atoms with E-state index in [4.69, 9.17) is 9.47 Å². The molecule has 1 aliphatic carbocycles. The molecule has 5 heteroatoms. The van der Waals surface area contributed by atoms with Crippen LogP contribution < -0.4 is 0 Å². The van der Waals surface area contributed by atoms with Gasteiger partial charge in [0, 0.05) is 3.57 Å². The minimum atomic E-state index is -0.497. The lowest BCUT2D eigenvalue weighted by molar-refractivity contribution is -0.159. The van der Waals surface area contributed by atoms with Gasteiger partial charge >= 0.3 is 11.9 Å². The molecular formula is C19H25IO4. The first-order valence-electron chi connectivity index (χ1n) is 8.49. The molecule has 0 N–H and O–H groups in total. The zero-order valence-electron chi connectivity index (χ0n) is 14.5. The Hall–Kier alpha value is -1.11. The fourth-order valence-electron chi connectivity index (χ4n) is 3.28. The minimum absolute atomic E-state index is 0.0716. The number of hydrogen-bond acceptors (Lipinski definition) is 4. The molecule has 0 aliphatic heterocycles. The Bertz CT molecular complexity index is 584. The molecule has 0 amide bonds. The maximum absolute atomic E-state index is 12.1. The van der Waals surface area contributed by atoms with Crippen molar-refractivity contribution in [2.45, 2.75) is 46.1 Å². The maximum atomic E-state index is 12.1. The van der Waals surface area contributed by atoms with Crippen molar-refractivity contribution in [3.63, 3.8) is 0 Å². The van der Waals surface area contributed by atoms with Crippen LogP contribution in [0.5, 0.6) is 0 Å². The van der Waals surface area contributed by atoms with Crippen LogP contribution in [0.25, 0.3) is 0 Å². The lowest BCUT2D eigenvalue weighted by atomic mass is 9.75. The number of hydrogen-bond donors (Lipinski definition) is 0. The monoisotopic (exact) mass is 444 g/mol. The van der Waals surface area contributed by atoms with E-state index in [1.54, 1.807) is 18.2 Å². The molecule has 3 unspecified atom stereocenters. The molecule has 0 saturated heterocycles. The maximum Gasteiger partial charge on any atom is 0.344 e. The van der Waals surface area contributed by atoms with Gasteiger partial charge in [0.05, 0.1) is 5.56 Å². The Morgan fingerprint density at radius 1 is 1.29 bits per heavy atom. The van der Waals surface area contributed by atoms with Crippen molar-refractivity contribution in [1.29, 1.82) is 0 Å². The Morgan fingerprint density at radius 2 is 2.04 bits per heavy atom. The highest BCUT2D eigenvalue weighted by atomic mass is 127. The molecule has 0 bridgehead atoms. The Morgan fingerprint density at radius 3 is 2.71 bits per heavy atom. The van der Waals surface area contributed by atoms with Gasteiger partial charge in [-0.15, -0.1) is 0 Å². The lowest BCUT2D eigenvalue weighted by Gasteiger charge is -2.36. The van der Waals surface area contributed by atoms with E-state index in [0.29, 0.717) is 23.3 Å². The van der Waals surface area contributed by atoms with Crippen LogP contribution in [0.4, 0.5) is 0 Å². The fourth-order valence-corrected chi connectivity index (χ4v) is 3.82. The molecule has 2 rings (SSSR count). The third-order valence-electron chi connectivity index (χ3n) is 4.63. The molecule has 1 saturated carbocycles. The topological polar surface area (TPSA) is 52.6 Å². The van der Waals surface area contributed by atoms with Crippen LogP contribution in [0.1, 0.15) is 50.4 Å². The van der Waals surface area contributed by atoms with Crippen LogP contribution in [-0.4, -0.2) is 24.6 Å². The fraction of sp³-hybridized carbons (Fsp3) is 0.579. The Labute approximate surface area is 157 Å². The van der Waals surface area contributed by atoms with Crippen molar-refractivity contribution in [3.05, 3.63) is 33.4 Å². The Kier molecular flexibility index (Phi) is 7.07. The van der Waals surface area contributed by atoms with Gasteiger partial charge in [0.1, 0.15) is 6.10 Å². The van der Waals surface area contributed by atoms with Crippen LogP contribution in [-0.2, 0) is 14.3 Å². The van der Waals surface area contributed by atoms with Gasteiger partial charge in [0.2, 0.25) is 0 Å². The largest absolute Gasteiger partial charge is 0.460 e. The zero-order chi connectivity index (χ0) is 17.7. The second kappa shape index (κ2) is 8.83. The highest BCUT2D eigenvalue weighted by molar-refractivity contribution is 14.1. The number of carbonyl (C=O) groups excluding carboxylic acids is 2. The van der Waals surface area contributed by atoms with Crippen molar-refractivity contribution in [2.24, 2.45) is 17.8 Å². The van der Waals surface area contributed by atoms with Crippen molar-refractivity contribution >= 4 is 34.5 Å². The van der Waals surface area contributed by atoms with Crippen LogP contribution in [0.15, 0.2) is 24.3 Å². The summed E-state index contributed by atoms with van der Waals surface area (Å²) in [4.78, 5) is 24.1. The quantitative estimate of drug-likeness (QED) is 0.498. The smallest absolute Gasteiger partial charge is 0.344 e. The van der Waals surface area contributed by atoms with E-state index < -0.39 is 11.9 Å². The van der Waals surface area contributed by atoms with Gasteiger partial charge in [-0.1, -0.05) is 33.3 Å². The van der Waals surface area contributed by atoms with E-state index >= 15 is 0 Å². The zero-order valence-corrected chi connectivity index (χ0v) is 16.6. The van der Waals surface area contributed by atoms with Gasteiger partial charge in [-0.3, -0.25) is 0 Å². The summed E-state index contributed by atoms with van der Waals surface area (Å²) in [5.74, 6) is 0.467. The molecule has 3 atom stereocenters. The van der Waals surface area contributed by atoms with Gasteiger partial charge < -0.3 is 9.47 Å². The van der Waals surface area contributed by atoms with E-state index in [1.165, 1.54) is 6.42 Å². The average molecular weight is 444 g/mol. The first kappa shape index (κ1) is 19.2. The third kappa shape index (κ3) is 5.46. The third-order valence-corrected chi connectivity index (χ3v) is 5.30. The molecule has 24 heavy (non-hydrogen) atoms. The van der Waals surface area contributed by atoms with E-state index in [9.17, 15) is 9.59 Å². The molecule has 0 aromatic heterocycles.